The zero-order chi connectivity index (χ0) is 15.4. The largest absolute Gasteiger partial charge is 0.488 e. The summed E-state index contributed by atoms with van der Waals surface area (Å²) in [7, 11) is 0. The molecule has 0 atom stereocenters. The number of halogens is 1. The van der Waals surface area contributed by atoms with Gasteiger partial charge in [0, 0.05) is 23.9 Å². The van der Waals surface area contributed by atoms with Crippen molar-refractivity contribution in [3.8, 4) is 5.75 Å². The molecule has 6 nitrogen and oxygen atoms in total. The van der Waals surface area contributed by atoms with Crippen molar-refractivity contribution in [3.05, 3.63) is 63.7 Å². The minimum absolute atomic E-state index is 0.00283. The zero-order valence-corrected chi connectivity index (χ0v) is 11.1. The first-order valence-corrected chi connectivity index (χ1v) is 5.99. The van der Waals surface area contributed by atoms with Gasteiger partial charge in [-0.1, -0.05) is 0 Å². The Balaban J connectivity index is 2.23. The van der Waals surface area contributed by atoms with E-state index < -0.39 is 10.7 Å². The number of nitro benzene ring substituents is 1. The molecule has 1 heterocycles. The standard InChI is InChI=1S/C14H11FN2O4/c1-9(18)13-5-12(17(19)20)2-3-14(13)21-8-10-4-11(15)7-16-6-10/h2-7H,8H2,1H3. The van der Waals surface area contributed by atoms with Gasteiger partial charge in [-0.05, 0) is 19.1 Å². The highest BCUT2D eigenvalue weighted by Gasteiger charge is 2.15. The smallest absolute Gasteiger partial charge is 0.270 e. The molecule has 0 N–H and O–H groups in total. The second-order valence-corrected chi connectivity index (χ2v) is 4.29. The molecule has 0 bridgehead atoms. The summed E-state index contributed by atoms with van der Waals surface area (Å²) in [4.78, 5) is 25.3. The molecule has 1 aromatic carbocycles. The number of non-ortho nitro benzene ring substituents is 1. The lowest BCUT2D eigenvalue weighted by molar-refractivity contribution is -0.384. The predicted octanol–water partition coefficient (Wildman–Crippen LogP) is 2.91. The zero-order valence-electron chi connectivity index (χ0n) is 11.1. The molecular formula is C14H11FN2O4. The van der Waals surface area contributed by atoms with Crippen LogP contribution in [-0.2, 0) is 6.61 Å². The number of nitro groups is 1. The summed E-state index contributed by atoms with van der Waals surface area (Å²) in [6, 6.07) is 5.00. The lowest BCUT2D eigenvalue weighted by atomic mass is 10.1. The van der Waals surface area contributed by atoms with Crippen LogP contribution < -0.4 is 4.74 Å². The van der Waals surface area contributed by atoms with Crippen LogP contribution in [0, 0.1) is 15.9 Å². The third-order valence-electron chi connectivity index (χ3n) is 2.71. The molecule has 7 heteroatoms. The Labute approximate surface area is 119 Å². The summed E-state index contributed by atoms with van der Waals surface area (Å²) in [5, 5.41) is 10.7. The van der Waals surface area contributed by atoms with E-state index in [2.05, 4.69) is 4.98 Å². The molecule has 0 aliphatic carbocycles. The van der Waals surface area contributed by atoms with E-state index in [1.807, 2.05) is 0 Å². The average molecular weight is 290 g/mol. The van der Waals surface area contributed by atoms with Gasteiger partial charge in [-0.25, -0.2) is 4.39 Å². The Morgan fingerprint density at radius 3 is 2.76 bits per heavy atom. The molecule has 0 unspecified atom stereocenters. The molecule has 0 spiro atoms. The van der Waals surface area contributed by atoms with Crippen LogP contribution in [0.3, 0.4) is 0 Å². The van der Waals surface area contributed by atoms with Crippen LogP contribution in [0.25, 0.3) is 0 Å². The van der Waals surface area contributed by atoms with Crippen molar-refractivity contribution in [1.29, 1.82) is 0 Å². The third kappa shape index (κ3) is 3.59. The van der Waals surface area contributed by atoms with Gasteiger partial charge in [0.2, 0.25) is 0 Å². The van der Waals surface area contributed by atoms with Gasteiger partial charge >= 0.3 is 0 Å². The quantitative estimate of drug-likeness (QED) is 0.480. The van der Waals surface area contributed by atoms with Gasteiger partial charge < -0.3 is 4.74 Å². The molecular weight excluding hydrogens is 279 g/mol. The molecule has 108 valence electrons. The highest BCUT2D eigenvalue weighted by atomic mass is 19.1. The molecule has 0 radical (unpaired) electrons. The van der Waals surface area contributed by atoms with E-state index in [1.54, 1.807) is 0 Å². The van der Waals surface area contributed by atoms with Crippen molar-refractivity contribution >= 4 is 11.5 Å². The molecule has 0 saturated carbocycles. The van der Waals surface area contributed by atoms with E-state index in [9.17, 15) is 19.3 Å². The van der Waals surface area contributed by atoms with Crippen molar-refractivity contribution in [2.45, 2.75) is 13.5 Å². The van der Waals surface area contributed by atoms with Crippen LogP contribution in [0.5, 0.6) is 5.75 Å². The van der Waals surface area contributed by atoms with E-state index in [0.717, 1.165) is 12.3 Å². The Morgan fingerprint density at radius 2 is 2.14 bits per heavy atom. The molecule has 21 heavy (non-hydrogen) atoms. The minimum atomic E-state index is -0.591. The first kappa shape index (κ1) is 14.6. The molecule has 1 aromatic heterocycles. The van der Waals surface area contributed by atoms with Gasteiger partial charge in [0.25, 0.3) is 5.69 Å². The molecule has 0 saturated heterocycles. The van der Waals surface area contributed by atoms with Crippen LogP contribution in [0.1, 0.15) is 22.8 Å². The van der Waals surface area contributed by atoms with E-state index in [0.29, 0.717) is 5.56 Å². The summed E-state index contributed by atoms with van der Waals surface area (Å²) < 4.78 is 18.4. The number of carbonyl (C=O) groups excluding carboxylic acids is 1. The van der Waals surface area contributed by atoms with Crippen LogP contribution in [0.15, 0.2) is 36.7 Å². The average Bonchev–Trinajstić information content (AvgIpc) is 2.44. The van der Waals surface area contributed by atoms with Gasteiger partial charge in [0.15, 0.2) is 5.78 Å². The maximum atomic E-state index is 13.0. The minimum Gasteiger partial charge on any atom is -0.488 e. The highest BCUT2D eigenvalue weighted by Crippen LogP contribution is 2.25. The fourth-order valence-electron chi connectivity index (χ4n) is 1.73. The Kier molecular flexibility index (Phi) is 4.22. The molecule has 2 rings (SSSR count). The Morgan fingerprint density at radius 1 is 1.38 bits per heavy atom. The number of benzene rings is 1. The summed E-state index contributed by atoms with van der Waals surface area (Å²) in [5.41, 5.74) is 0.399. The number of carbonyl (C=O) groups is 1. The maximum Gasteiger partial charge on any atom is 0.270 e. The second kappa shape index (κ2) is 6.08. The summed E-state index contributed by atoms with van der Waals surface area (Å²) in [6.07, 6.45) is 2.50. The molecule has 2 aromatic rings. The summed E-state index contributed by atoms with van der Waals surface area (Å²) in [6.45, 7) is 1.29. The molecule has 0 fully saturated rings. The monoisotopic (exact) mass is 290 g/mol. The third-order valence-corrected chi connectivity index (χ3v) is 2.71. The van der Waals surface area contributed by atoms with E-state index in [4.69, 9.17) is 4.74 Å². The molecule has 0 aliphatic rings. The van der Waals surface area contributed by atoms with Crippen molar-refractivity contribution in [2.75, 3.05) is 0 Å². The Bertz CT molecular complexity index is 703. The van der Waals surface area contributed by atoms with Crippen LogP contribution >= 0.6 is 0 Å². The number of hydrogen-bond donors (Lipinski definition) is 0. The topological polar surface area (TPSA) is 82.3 Å². The second-order valence-electron chi connectivity index (χ2n) is 4.29. The van der Waals surface area contributed by atoms with Crippen molar-refractivity contribution < 1.29 is 18.8 Å². The lowest BCUT2D eigenvalue weighted by Crippen LogP contribution is -2.03. The maximum absolute atomic E-state index is 13.0. The number of nitrogens with zero attached hydrogens (tertiary/aromatic N) is 2. The Hall–Kier alpha value is -2.83. The lowest BCUT2D eigenvalue weighted by Gasteiger charge is -2.09. The number of ether oxygens (including phenoxy) is 1. The molecule has 0 aliphatic heterocycles. The normalized spacial score (nSPS) is 10.2. The number of pyridine rings is 1. The number of rotatable bonds is 5. The van der Waals surface area contributed by atoms with Crippen LogP contribution in [-0.4, -0.2) is 15.7 Å². The predicted molar refractivity (Wildman–Crippen MR) is 71.6 cm³/mol. The van der Waals surface area contributed by atoms with E-state index in [1.165, 1.54) is 31.3 Å². The van der Waals surface area contributed by atoms with Gasteiger partial charge in [0.05, 0.1) is 16.7 Å². The van der Waals surface area contributed by atoms with Gasteiger partial charge in [-0.15, -0.1) is 0 Å². The van der Waals surface area contributed by atoms with Crippen LogP contribution in [0.2, 0.25) is 0 Å². The first-order valence-electron chi connectivity index (χ1n) is 5.99. The number of aromatic nitrogens is 1. The van der Waals surface area contributed by atoms with Gasteiger partial charge in [-0.3, -0.25) is 19.9 Å². The van der Waals surface area contributed by atoms with Gasteiger partial charge in [-0.2, -0.15) is 0 Å². The van der Waals surface area contributed by atoms with Crippen molar-refractivity contribution in [3.63, 3.8) is 0 Å². The van der Waals surface area contributed by atoms with Gasteiger partial charge in [0.1, 0.15) is 18.2 Å². The fraction of sp³-hybridized carbons (Fsp3) is 0.143. The molecule has 0 amide bonds. The first-order chi connectivity index (χ1) is 9.97. The van der Waals surface area contributed by atoms with E-state index >= 15 is 0 Å². The number of hydrogen-bond acceptors (Lipinski definition) is 5. The fourth-order valence-corrected chi connectivity index (χ4v) is 1.73. The SMILES string of the molecule is CC(=O)c1cc([N+](=O)[O-])ccc1OCc1cncc(F)c1. The highest BCUT2D eigenvalue weighted by molar-refractivity contribution is 5.97. The summed E-state index contributed by atoms with van der Waals surface area (Å²) in [5.74, 6) is -0.644. The number of Topliss-reactive ketones (excluding diaryl/α,β-unsaturated/α-hetero) is 1. The number of ketones is 1. The summed E-state index contributed by atoms with van der Waals surface area (Å²) >= 11 is 0. The van der Waals surface area contributed by atoms with Crippen molar-refractivity contribution in [1.82, 2.24) is 4.98 Å². The van der Waals surface area contributed by atoms with Crippen LogP contribution in [0.4, 0.5) is 10.1 Å². The van der Waals surface area contributed by atoms with E-state index in [-0.39, 0.29) is 29.4 Å². The van der Waals surface area contributed by atoms with Crippen molar-refractivity contribution in [2.24, 2.45) is 0 Å².